The van der Waals surface area contributed by atoms with E-state index in [1.807, 2.05) is 45.0 Å². The second-order valence-electron chi connectivity index (χ2n) is 5.01. The lowest BCUT2D eigenvalue weighted by molar-refractivity contribution is -0.122. The average molecular weight is 299 g/mol. The Morgan fingerprint density at radius 3 is 2.71 bits per heavy atom. The summed E-state index contributed by atoms with van der Waals surface area (Å²) < 4.78 is 1.01. The number of benzene rings is 1. The number of rotatable bonds is 4. The van der Waals surface area contributed by atoms with Crippen LogP contribution in [0.1, 0.15) is 38.8 Å². The summed E-state index contributed by atoms with van der Waals surface area (Å²) in [4.78, 5) is 11.7. The molecule has 0 aliphatic carbocycles. The highest BCUT2D eigenvalue weighted by Crippen LogP contribution is 2.18. The molecule has 1 unspecified atom stereocenters. The van der Waals surface area contributed by atoms with Gasteiger partial charge >= 0.3 is 0 Å². The lowest BCUT2D eigenvalue weighted by Crippen LogP contribution is -2.39. The average Bonchev–Trinajstić information content (AvgIpc) is 2.14. The van der Waals surface area contributed by atoms with Gasteiger partial charge in [-0.2, -0.15) is 0 Å². The van der Waals surface area contributed by atoms with Crippen molar-refractivity contribution in [1.82, 2.24) is 5.32 Å². The van der Waals surface area contributed by atoms with Gasteiger partial charge in [0.15, 0.2) is 0 Å². The number of hydrogen-bond donors (Lipinski definition) is 2. The summed E-state index contributed by atoms with van der Waals surface area (Å²) in [5, 5.41) is 2.94. The van der Waals surface area contributed by atoms with Gasteiger partial charge in [-0.1, -0.05) is 28.1 Å². The van der Waals surface area contributed by atoms with Crippen molar-refractivity contribution in [3.05, 3.63) is 34.3 Å². The summed E-state index contributed by atoms with van der Waals surface area (Å²) in [7, 11) is 0. The van der Waals surface area contributed by atoms with E-state index in [1.54, 1.807) is 0 Å². The van der Waals surface area contributed by atoms with Crippen molar-refractivity contribution >= 4 is 21.8 Å². The number of halogens is 1. The van der Waals surface area contributed by atoms with Crippen molar-refractivity contribution in [2.24, 2.45) is 5.73 Å². The third kappa shape index (κ3) is 5.33. The molecule has 0 fully saturated rings. The standard InChI is InChI=1S/C13H19BrN2O/c1-9(10-5-4-6-11(14)7-10)16-12(17)8-13(2,3)15/h4-7,9H,8,15H2,1-3H3,(H,16,17). The van der Waals surface area contributed by atoms with Gasteiger partial charge in [-0.3, -0.25) is 4.79 Å². The summed E-state index contributed by atoms with van der Waals surface area (Å²) in [6.45, 7) is 5.65. The number of carbonyl (C=O) groups is 1. The zero-order valence-corrected chi connectivity index (χ0v) is 12.0. The number of carbonyl (C=O) groups excluding carboxylic acids is 1. The first-order valence-electron chi connectivity index (χ1n) is 5.61. The second kappa shape index (κ2) is 5.65. The molecule has 0 aliphatic heterocycles. The highest BCUT2D eigenvalue weighted by molar-refractivity contribution is 9.10. The maximum atomic E-state index is 11.7. The van der Waals surface area contributed by atoms with E-state index in [2.05, 4.69) is 21.2 Å². The highest BCUT2D eigenvalue weighted by Gasteiger charge is 2.18. The van der Waals surface area contributed by atoms with Crippen LogP contribution in [0.3, 0.4) is 0 Å². The summed E-state index contributed by atoms with van der Waals surface area (Å²) >= 11 is 3.41. The number of amides is 1. The predicted molar refractivity (Wildman–Crippen MR) is 73.6 cm³/mol. The van der Waals surface area contributed by atoms with Crippen molar-refractivity contribution in [1.29, 1.82) is 0 Å². The topological polar surface area (TPSA) is 55.1 Å². The van der Waals surface area contributed by atoms with Gasteiger partial charge in [0.2, 0.25) is 5.91 Å². The van der Waals surface area contributed by atoms with Gasteiger partial charge in [-0.05, 0) is 38.5 Å². The predicted octanol–water partition coefficient (Wildman–Crippen LogP) is 2.75. The van der Waals surface area contributed by atoms with Crippen LogP contribution in [0.5, 0.6) is 0 Å². The normalized spacial score (nSPS) is 13.2. The quantitative estimate of drug-likeness (QED) is 0.898. The Labute approximate surface area is 111 Å². The first kappa shape index (κ1) is 14.2. The Kier molecular flexibility index (Phi) is 4.71. The van der Waals surface area contributed by atoms with Crippen LogP contribution in [-0.2, 0) is 4.79 Å². The van der Waals surface area contributed by atoms with E-state index in [-0.39, 0.29) is 11.9 Å². The van der Waals surface area contributed by atoms with E-state index >= 15 is 0 Å². The Balaban J connectivity index is 2.61. The smallest absolute Gasteiger partial charge is 0.222 e. The van der Waals surface area contributed by atoms with Crippen LogP contribution in [0.4, 0.5) is 0 Å². The van der Waals surface area contributed by atoms with E-state index in [9.17, 15) is 4.79 Å². The first-order chi connectivity index (χ1) is 7.78. The molecule has 0 aliphatic rings. The molecule has 4 heteroatoms. The Hall–Kier alpha value is -0.870. The van der Waals surface area contributed by atoms with Crippen molar-refractivity contribution in [2.45, 2.75) is 38.8 Å². The van der Waals surface area contributed by atoms with Crippen molar-refractivity contribution in [2.75, 3.05) is 0 Å². The van der Waals surface area contributed by atoms with E-state index in [0.717, 1.165) is 10.0 Å². The molecule has 0 saturated carbocycles. The minimum Gasteiger partial charge on any atom is -0.350 e. The van der Waals surface area contributed by atoms with Gasteiger partial charge in [0.25, 0.3) is 0 Å². The molecule has 17 heavy (non-hydrogen) atoms. The van der Waals surface area contributed by atoms with Crippen molar-refractivity contribution in [3.8, 4) is 0 Å². The molecule has 0 bridgehead atoms. The van der Waals surface area contributed by atoms with Crippen molar-refractivity contribution < 1.29 is 4.79 Å². The van der Waals surface area contributed by atoms with Gasteiger partial charge < -0.3 is 11.1 Å². The Morgan fingerprint density at radius 1 is 1.53 bits per heavy atom. The van der Waals surface area contributed by atoms with Crippen LogP contribution in [0.2, 0.25) is 0 Å². The van der Waals surface area contributed by atoms with E-state index in [1.165, 1.54) is 0 Å². The van der Waals surface area contributed by atoms with Crippen LogP contribution < -0.4 is 11.1 Å². The molecule has 0 aromatic heterocycles. The fourth-order valence-electron chi connectivity index (χ4n) is 1.57. The molecule has 3 nitrogen and oxygen atoms in total. The molecular formula is C13H19BrN2O. The third-order valence-electron chi connectivity index (χ3n) is 2.34. The molecule has 3 N–H and O–H groups in total. The number of nitrogens with two attached hydrogens (primary N) is 1. The molecule has 1 atom stereocenters. The SMILES string of the molecule is CC(NC(=O)CC(C)(C)N)c1cccc(Br)c1. The number of hydrogen-bond acceptors (Lipinski definition) is 2. The van der Waals surface area contributed by atoms with E-state index in [0.29, 0.717) is 6.42 Å². The first-order valence-corrected chi connectivity index (χ1v) is 6.41. The van der Waals surface area contributed by atoms with Gasteiger partial charge in [0.1, 0.15) is 0 Å². The largest absolute Gasteiger partial charge is 0.350 e. The minimum atomic E-state index is -0.471. The van der Waals surface area contributed by atoms with E-state index in [4.69, 9.17) is 5.73 Å². The minimum absolute atomic E-state index is 0.0117. The third-order valence-corrected chi connectivity index (χ3v) is 2.84. The van der Waals surface area contributed by atoms with Gasteiger partial charge in [-0.15, -0.1) is 0 Å². The lowest BCUT2D eigenvalue weighted by atomic mass is 10.0. The van der Waals surface area contributed by atoms with Gasteiger partial charge in [0, 0.05) is 16.4 Å². The van der Waals surface area contributed by atoms with Crippen LogP contribution in [0, 0.1) is 0 Å². The monoisotopic (exact) mass is 298 g/mol. The van der Waals surface area contributed by atoms with Gasteiger partial charge in [-0.25, -0.2) is 0 Å². The summed E-state index contributed by atoms with van der Waals surface area (Å²) in [6, 6.07) is 7.89. The second-order valence-corrected chi connectivity index (χ2v) is 5.93. The summed E-state index contributed by atoms with van der Waals surface area (Å²) in [5.74, 6) is -0.0232. The molecule has 94 valence electrons. The lowest BCUT2D eigenvalue weighted by Gasteiger charge is -2.20. The van der Waals surface area contributed by atoms with Crippen LogP contribution in [0.25, 0.3) is 0 Å². The van der Waals surface area contributed by atoms with Crippen molar-refractivity contribution in [3.63, 3.8) is 0 Å². The summed E-state index contributed by atoms with van der Waals surface area (Å²) in [6.07, 6.45) is 0.325. The van der Waals surface area contributed by atoms with E-state index < -0.39 is 5.54 Å². The fraction of sp³-hybridized carbons (Fsp3) is 0.462. The Bertz CT molecular complexity index is 399. The molecule has 1 aromatic carbocycles. The van der Waals surface area contributed by atoms with Crippen LogP contribution in [0.15, 0.2) is 28.7 Å². The van der Waals surface area contributed by atoms with Crippen LogP contribution in [-0.4, -0.2) is 11.4 Å². The van der Waals surface area contributed by atoms with Crippen LogP contribution >= 0.6 is 15.9 Å². The zero-order chi connectivity index (χ0) is 13.1. The molecule has 0 heterocycles. The molecule has 1 aromatic rings. The molecule has 0 radical (unpaired) electrons. The molecule has 0 saturated heterocycles. The summed E-state index contributed by atoms with van der Waals surface area (Å²) in [5.41, 5.74) is 6.41. The molecule has 0 spiro atoms. The Morgan fingerprint density at radius 2 is 2.18 bits per heavy atom. The maximum Gasteiger partial charge on any atom is 0.222 e. The molecule has 1 amide bonds. The fourth-order valence-corrected chi connectivity index (χ4v) is 1.98. The molecule has 1 rings (SSSR count). The highest BCUT2D eigenvalue weighted by atomic mass is 79.9. The maximum absolute atomic E-state index is 11.7. The zero-order valence-electron chi connectivity index (χ0n) is 10.5. The number of nitrogens with one attached hydrogen (secondary N) is 1. The van der Waals surface area contributed by atoms with Gasteiger partial charge in [0.05, 0.1) is 6.04 Å². The molecular weight excluding hydrogens is 280 g/mol.